The second-order valence-corrected chi connectivity index (χ2v) is 15.3. The summed E-state index contributed by atoms with van der Waals surface area (Å²) in [5.41, 5.74) is 16.8. The molecule has 1 heterocycles. The maximum Gasteiger partial charge on any atom is 0.135 e. The minimum absolute atomic E-state index is 0.896. The Bertz CT molecular complexity index is 3290. The molecule has 0 N–H and O–H groups in total. The number of furan rings is 1. The van der Waals surface area contributed by atoms with E-state index in [1.807, 2.05) is 12.1 Å². The van der Waals surface area contributed by atoms with E-state index in [0.717, 1.165) is 50.1 Å². The van der Waals surface area contributed by atoms with Crippen LogP contribution in [0.3, 0.4) is 0 Å². The van der Waals surface area contributed by atoms with E-state index in [1.54, 1.807) is 0 Å². The molecule has 282 valence electrons. The third-order valence-corrected chi connectivity index (χ3v) is 11.7. The van der Waals surface area contributed by atoms with E-state index in [2.05, 4.69) is 229 Å². The van der Waals surface area contributed by atoms with E-state index >= 15 is 0 Å². The Labute approximate surface area is 349 Å². The quantitative estimate of drug-likeness (QED) is 0.153. The maximum atomic E-state index is 6.18. The first kappa shape index (κ1) is 35.2. The lowest BCUT2D eigenvalue weighted by Crippen LogP contribution is -2.10. The predicted octanol–water partition coefficient (Wildman–Crippen LogP) is 16.5. The molecule has 0 aliphatic rings. The van der Waals surface area contributed by atoms with Crippen molar-refractivity contribution in [3.8, 4) is 55.6 Å². The summed E-state index contributed by atoms with van der Waals surface area (Å²) in [4.78, 5) is 2.38. The lowest BCUT2D eigenvalue weighted by molar-refractivity contribution is 0.669. The van der Waals surface area contributed by atoms with E-state index in [1.165, 1.54) is 55.3 Å². The number of fused-ring (bicyclic) bond motifs is 4. The molecule has 60 heavy (non-hydrogen) atoms. The third kappa shape index (κ3) is 6.61. The molecule has 0 aliphatic heterocycles. The van der Waals surface area contributed by atoms with Crippen molar-refractivity contribution in [1.29, 1.82) is 0 Å². The highest BCUT2D eigenvalue weighted by atomic mass is 16.3. The summed E-state index contributed by atoms with van der Waals surface area (Å²) in [6.45, 7) is 0. The molecular weight excluding hydrogens is 727 g/mol. The molecule has 0 amide bonds. The number of benzene rings is 10. The molecule has 0 unspecified atom stereocenters. The van der Waals surface area contributed by atoms with Crippen molar-refractivity contribution in [2.45, 2.75) is 0 Å². The number of hydrogen-bond donors (Lipinski definition) is 0. The van der Waals surface area contributed by atoms with Crippen LogP contribution in [-0.4, -0.2) is 0 Å². The second-order valence-electron chi connectivity index (χ2n) is 15.3. The van der Waals surface area contributed by atoms with Crippen LogP contribution in [0, 0.1) is 0 Å². The lowest BCUT2D eigenvalue weighted by atomic mass is 9.93. The van der Waals surface area contributed by atoms with Gasteiger partial charge in [0.15, 0.2) is 0 Å². The van der Waals surface area contributed by atoms with Crippen LogP contribution in [0.15, 0.2) is 241 Å². The summed E-state index contributed by atoms with van der Waals surface area (Å²) in [5.74, 6) is 0. The van der Waals surface area contributed by atoms with Crippen molar-refractivity contribution in [1.82, 2.24) is 0 Å². The fourth-order valence-corrected chi connectivity index (χ4v) is 8.60. The van der Waals surface area contributed by atoms with E-state index in [9.17, 15) is 0 Å². The zero-order valence-corrected chi connectivity index (χ0v) is 32.9. The predicted molar refractivity (Wildman–Crippen MR) is 253 cm³/mol. The van der Waals surface area contributed by atoms with Crippen molar-refractivity contribution in [3.63, 3.8) is 0 Å². The van der Waals surface area contributed by atoms with Gasteiger partial charge in [-0.25, -0.2) is 0 Å². The Balaban J connectivity index is 1.00. The number of rotatable bonds is 8. The summed E-state index contributed by atoms with van der Waals surface area (Å²) in [6, 6.07) is 85.0. The molecule has 0 bridgehead atoms. The molecule has 0 atom stereocenters. The van der Waals surface area contributed by atoms with Gasteiger partial charge in [0.2, 0.25) is 0 Å². The molecular formula is C58H39NO. The van der Waals surface area contributed by atoms with Crippen LogP contribution in [-0.2, 0) is 0 Å². The van der Waals surface area contributed by atoms with Crippen LogP contribution in [0.5, 0.6) is 0 Å². The highest BCUT2D eigenvalue weighted by molar-refractivity contribution is 6.06. The summed E-state index contributed by atoms with van der Waals surface area (Å²) in [7, 11) is 0. The van der Waals surface area contributed by atoms with Crippen LogP contribution in [0.4, 0.5) is 17.1 Å². The summed E-state index contributed by atoms with van der Waals surface area (Å²) < 4.78 is 6.18. The number of para-hydroxylation sites is 1. The van der Waals surface area contributed by atoms with Crippen molar-refractivity contribution in [2.75, 3.05) is 4.90 Å². The molecule has 0 radical (unpaired) electrons. The molecule has 1 aromatic heterocycles. The van der Waals surface area contributed by atoms with Crippen LogP contribution in [0.1, 0.15) is 0 Å². The third-order valence-electron chi connectivity index (χ3n) is 11.7. The molecule has 0 saturated carbocycles. The average molecular weight is 766 g/mol. The van der Waals surface area contributed by atoms with Gasteiger partial charge in [-0.05, 0) is 127 Å². The van der Waals surface area contributed by atoms with Gasteiger partial charge in [-0.1, -0.05) is 176 Å². The first-order chi connectivity index (χ1) is 29.7. The number of hydrogen-bond acceptors (Lipinski definition) is 2. The van der Waals surface area contributed by atoms with Crippen LogP contribution in [0.2, 0.25) is 0 Å². The molecule has 0 spiro atoms. The number of anilines is 3. The van der Waals surface area contributed by atoms with E-state index in [-0.39, 0.29) is 0 Å². The maximum absolute atomic E-state index is 6.18. The van der Waals surface area contributed by atoms with Gasteiger partial charge in [0.25, 0.3) is 0 Å². The van der Waals surface area contributed by atoms with Crippen LogP contribution >= 0.6 is 0 Å². The molecule has 2 heteroatoms. The Morgan fingerprint density at radius 2 is 0.767 bits per heavy atom. The first-order valence-electron chi connectivity index (χ1n) is 20.5. The Hall–Kier alpha value is -7.94. The molecule has 0 aliphatic carbocycles. The van der Waals surface area contributed by atoms with Gasteiger partial charge >= 0.3 is 0 Å². The van der Waals surface area contributed by atoms with E-state index < -0.39 is 0 Å². The molecule has 11 rings (SSSR count). The summed E-state index contributed by atoms with van der Waals surface area (Å²) in [6.07, 6.45) is 0. The first-order valence-corrected chi connectivity index (χ1v) is 20.5. The van der Waals surface area contributed by atoms with Gasteiger partial charge in [0.1, 0.15) is 11.2 Å². The largest absolute Gasteiger partial charge is 0.456 e. The Morgan fingerprint density at radius 3 is 1.53 bits per heavy atom. The lowest BCUT2D eigenvalue weighted by Gasteiger charge is -2.27. The Morgan fingerprint density at radius 1 is 0.250 bits per heavy atom. The van der Waals surface area contributed by atoms with Gasteiger partial charge in [0.05, 0.1) is 0 Å². The van der Waals surface area contributed by atoms with Crippen LogP contribution < -0.4 is 4.90 Å². The fourth-order valence-electron chi connectivity index (χ4n) is 8.60. The smallest absolute Gasteiger partial charge is 0.135 e. The van der Waals surface area contributed by atoms with E-state index in [4.69, 9.17) is 4.42 Å². The van der Waals surface area contributed by atoms with Gasteiger partial charge in [0, 0.05) is 27.8 Å². The Kier molecular flexibility index (Phi) is 8.87. The molecule has 2 nitrogen and oxygen atoms in total. The summed E-state index contributed by atoms with van der Waals surface area (Å²) >= 11 is 0. The van der Waals surface area contributed by atoms with Crippen LogP contribution in [0.25, 0.3) is 88.3 Å². The SMILES string of the molecule is c1ccc(-c2ccc(N(c3ccc(-c4ccc(-c5ccc6ccccc6c5)cc4)cc3)c3cccc(-c4ccc5oc6ccccc6c5c4)c3)cc2-c2ccccc2)cc1. The van der Waals surface area contributed by atoms with Gasteiger partial charge in [-0.2, -0.15) is 0 Å². The normalized spacial score (nSPS) is 11.3. The highest BCUT2D eigenvalue weighted by Gasteiger charge is 2.18. The van der Waals surface area contributed by atoms with Crippen molar-refractivity contribution < 1.29 is 4.42 Å². The van der Waals surface area contributed by atoms with Gasteiger partial charge in [-0.15, -0.1) is 0 Å². The van der Waals surface area contributed by atoms with Gasteiger partial charge < -0.3 is 9.32 Å². The number of nitrogens with zero attached hydrogens (tertiary/aromatic N) is 1. The molecule has 11 aromatic rings. The minimum atomic E-state index is 0.896. The average Bonchev–Trinajstić information content (AvgIpc) is 3.70. The minimum Gasteiger partial charge on any atom is -0.456 e. The fraction of sp³-hybridized carbons (Fsp3) is 0. The standard InChI is InChI=1S/C58H39NO/c1-3-13-44(14-4-1)53-34-33-52(39-55(53)45-15-5-2-6-16-45)59(51-19-11-18-47(37-51)49-30-35-58-56(38-49)54-20-9-10-21-57(54)60-58)50-31-28-42(29-32-50)41-22-24-43(25-23-41)48-27-26-40-12-7-8-17-46(40)36-48/h1-39H. The monoisotopic (exact) mass is 765 g/mol. The second kappa shape index (κ2) is 15.1. The van der Waals surface area contributed by atoms with E-state index in [0.29, 0.717) is 0 Å². The van der Waals surface area contributed by atoms with Crippen molar-refractivity contribution in [3.05, 3.63) is 237 Å². The zero-order valence-electron chi connectivity index (χ0n) is 32.9. The topological polar surface area (TPSA) is 16.4 Å². The highest BCUT2D eigenvalue weighted by Crippen LogP contribution is 2.43. The molecule has 0 fully saturated rings. The van der Waals surface area contributed by atoms with Crippen molar-refractivity contribution in [2.24, 2.45) is 0 Å². The van der Waals surface area contributed by atoms with Crippen molar-refractivity contribution >= 4 is 49.8 Å². The van der Waals surface area contributed by atoms with Gasteiger partial charge in [-0.3, -0.25) is 0 Å². The molecule has 10 aromatic carbocycles. The zero-order chi connectivity index (χ0) is 39.8. The summed E-state index contributed by atoms with van der Waals surface area (Å²) in [5, 5.41) is 4.76. The molecule has 0 saturated heterocycles.